The fourth-order valence-corrected chi connectivity index (χ4v) is 1.96. The Kier molecular flexibility index (Phi) is 2.51. The van der Waals surface area contributed by atoms with Gasteiger partial charge in [0.15, 0.2) is 0 Å². The van der Waals surface area contributed by atoms with E-state index in [2.05, 4.69) is 35.2 Å². The second kappa shape index (κ2) is 3.81. The highest BCUT2D eigenvalue weighted by molar-refractivity contribution is 5.30. The van der Waals surface area contributed by atoms with Crippen LogP contribution in [0.5, 0.6) is 0 Å². The van der Waals surface area contributed by atoms with Gasteiger partial charge in [-0.3, -0.25) is 4.90 Å². The van der Waals surface area contributed by atoms with E-state index in [0.29, 0.717) is 0 Å². The van der Waals surface area contributed by atoms with Crippen molar-refractivity contribution in [1.82, 2.24) is 4.90 Å². The van der Waals surface area contributed by atoms with Gasteiger partial charge in [-0.05, 0) is 24.6 Å². The summed E-state index contributed by atoms with van der Waals surface area (Å²) in [7, 11) is 2.03. The monoisotopic (exact) mass is 186 g/mol. The van der Waals surface area contributed by atoms with Crippen LogP contribution in [-0.4, -0.2) is 24.5 Å². The smallest absolute Gasteiger partial charge is 0.102 e. The van der Waals surface area contributed by atoms with E-state index >= 15 is 0 Å². The lowest BCUT2D eigenvalue weighted by Crippen LogP contribution is -2.31. The molecule has 1 atom stereocenters. The molecular weight excluding hydrogens is 172 g/mol. The van der Waals surface area contributed by atoms with Crippen molar-refractivity contribution >= 4 is 0 Å². The maximum absolute atomic E-state index is 9.02. The molecule has 0 amide bonds. The summed E-state index contributed by atoms with van der Waals surface area (Å²) < 4.78 is 0. The third-order valence-corrected chi connectivity index (χ3v) is 2.95. The van der Waals surface area contributed by atoms with Gasteiger partial charge in [0.1, 0.15) is 6.04 Å². The molecule has 1 aromatic rings. The number of nitrogens with zero attached hydrogens (tertiary/aromatic N) is 2. The van der Waals surface area contributed by atoms with Crippen LogP contribution in [0.25, 0.3) is 0 Å². The summed E-state index contributed by atoms with van der Waals surface area (Å²) in [6, 6.07) is 10.8. The number of fused-ring (bicyclic) bond motifs is 1. The number of benzene rings is 1. The molecular formula is C12H14N2. The van der Waals surface area contributed by atoms with Crippen molar-refractivity contribution in [3.8, 4) is 6.07 Å². The molecule has 0 fully saturated rings. The van der Waals surface area contributed by atoms with E-state index in [9.17, 15) is 0 Å². The number of hydrogen-bond donors (Lipinski definition) is 0. The van der Waals surface area contributed by atoms with Gasteiger partial charge in [-0.15, -0.1) is 0 Å². The molecule has 2 heteroatoms. The van der Waals surface area contributed by atoms with Crippen LogP contribution in [0.4, 0.5) is 0 Å². The largest absolute Gasteiger partial charge is 0.291 e. The summed E-state index contributed by atoms with van der Waals surface area (Å²) in [5.74, 6) is 0. The Morgan fingerprint density at radius 1 is 1.36 bits per heavy atom. The molecule has 0 spiro atoms. The highest BCUT2D eigenvalue weighted by atomic mass is 15.1. The molecule has 0 bridgehead atoms. The van der Waals surface area contributed by atoms with Crippen molar-refractivity contribution < 1.29 is 0 Å². The molecule has 0 saturated heterocycles. The third kappa shape index (κ3) is 1.64. The lowest BCUT2D eigenvalue weighted by Gasteiger charge is -2.18. The van der Waals surface area contributed by atoms with Crippen molar-refractivity contribution in [2.24, 2.45) is 0 Å². The minimum Gasteiger partial charge on any atom is -0.291 e. The number of likely N-dealkylation sites (N-methyl/N-ethyl adjacent to an activating group) is 1. The lowest BCUT2D eigenvalue weighted by atomic mass is 10.0. The van der Waals surface area contributed by atoms with Crippen LogP contribution in [-0.2, 0) is 12.8 Å². The van der Waals surface area contributed by atoms with E-state index < -0.39 is 0 Å². The third-order valence-electron chi connectivity index (χ3n) is 2.95. The van der Waals surface area contributed by atoms with Gasteiger partial charge >= 0.3 is 0 Å². The molecule has 1 heterocycles. The predicted molar refractivity (Wildman–Crippen MR) is 55.9 cm³/mol. The van der Waals surface area contributed by atoms with Gasteiger partial charge in [-0.25, -0.2) is 0 Å². The highest BCUT2D eigenvalue weighted by Gasteiger charge is 2.19. The van der Waals surface area contributed by atoms with E-state index in [-0.39, 0.29) is 6.04 Å². The molecule has 0 unspecified atom stereocenters. The summed E-state index contributed by atoms with van der Waals surface area (Å²) in [5.41, 5.74) is 2.74. The first-order chi connectivity index (χ1) is 6.81. The van der Waals surface area contributed by atoms with Crippen LogP contribution in [0.1, 0.15) is 11.1 Å². The SMILES string of the molecule is CN1CCc2ccccc2C[C@@H]1C#N. The molecule has 2 rings (SSSR count). The normalized spacial score (nSPS) is 22.1. The van der Waals surface area contributed by atoms with Gasteiger partial charge in [0.2, 0.25) is 0 Å². The Balaban J connectivity index is 2.32. The Morgan fingerprint density at radius 3 is 2.79 bits per heavy atom. The standard InChI is InChI=1S/C12H14N2/c1-14-7-6-10-4-2-3-5-11(10)8-12(14)9-13/h2-5,12H,6-8H2,1H3/t12-/m1/s1. The topological polar surface area (TPSA) is 27.0 Å². The summed E-state index contributed by atoms with van der Waals surface area (Å²) in [6.45, 7) is 0.981. The summed E-state index contributed by atoms with van der Waals surface area (Å²) in [4.78, 5) is 2.14. The summed E-state index contributed by atoms with van der Waals surface area (Å²) in [6.07, 6.45) is 1.92. The highest BCUT2D eigenvalue weighted by Crippen LogP contribution is 2.18. The fourth-order valence-electron chi connectivity index (χ4n) is 1.96. The van der Waals surface area contributed by atoms with E-state index in [1.165, 1.54) is 11.1 Å². The molecule has 1 aliphatic heterocycles. The van der Waals surface area contributed by atoms with Crippen molar-refractivity contribution in [3.05, 3.63) is 35.4 Å². The first kappa shape index (κ1) is 9.23. The number of nitriles is 1. The zero-order valence-electron chi connectivity index (χ0n) is 8.40. The first-order valence-corrected chi connectivity index (χ1v) is 4.98. The van der Waals surface area contributed by atoms with E-state index in [0.717, 1.165) is 19.4 Å². The second-order valence-electron chi connectivity index (χ2n) is 3.85. The molecule has 14 heavy (non-hydrogen) atoms. The number of hydrogen-bond acceptors (Lipinski definition) is 2. The average molecular weight is 186 g/mol. The maximum Gasteiger partial charge on any atom is 0.102 e. The molecule has 0 aromatic heterocycles. The first-order valence-electron chi connectivity index (χ1n) is 4.98. The second-order valence-corrected chi connectivity index (χ2v) is 3.85. The zero-order chi connectivity index (χ0) is 9.97. The minimum atomic E-state index is 0.0404. The van der Waals surface area contributed by atoms with Gasteiger partial charge in [0.05, 0.1) is 6.07 Å². The van der Waals surface area contributed by atoms with Gasteiger partial charge in [-0.1, -0.05) is 24.3 Å². The maximum atomic E-state index is 9.02. The molecule has 1 aliphatic rings. The zero-order valence-corrected chi connectivity index (χ0v) is 8.40. The molecule has 0 aliphatic carbocycles. The number of rotatable bonds is 0. The minimum absolute atomic E-state index is 0.0404. The average Bonchev–Trinajstić information content (AvgIpc) is 2.38. The van der Waals surface area contributed by atoms with Crippen LogP contribution < -0.4 is 0 Å². The Morgan fingerprint density at radius 2 is 2.07 bits per heavy atom. The Bertz CT molecular complexity index is 365. The molecule has 0 saturated carbocycles. The van der Waals surface area contributed by atoms with Crippen molar-refractivity contribution in [2.75, 3.05) is 13.6 Å². The van der Waals surface area contributed by atoms with Crippen molar-refractivity contribution in [2.45, 2.75) is 18.9 Å². The molecule has 72 valence electrons. The van der Waals surface area contributed by atoms with Gasteiger partial charge in [-0.2, -0.15) is 5.26 Å². The molecule has 0 N–H and O–H groups in total. The van der Waals surface area contributed by atoms with Crippen molar-refractivity contribution in [1.29, 1.82) is 5.26 Å². The van der Waals surface area contributed by atoms with Crippen LogP contribution >= 0.6 is 0 Å². The van der Waals surface area contributed by atoms with Crippen LogP contribution in [0.2, 0.25) is 0 Å². The van der Waals surface area contributed by atoms with Gasteiger partial charge < -0.3 is 0 Å². The summed E-state index contributed by atoms with van der Waals surface area (Å²) in [5, 5.41) is 9.02. The van der Waals surface area contributed by atoms with Crippen LogP contribution in [0.3, 0.4) is 0 Å². The van der Waals surface area contributed by atoms with Gasteiger partial charge in [0, 0.05) is 13.0 Å². The Labute approximate surface area is 84.8 Å². The molecule has 0 radical (unpaired) electrons. The molecule has 1 aromatic carbocycles. The van der Waals surface area contributed by atoms with Gasteiger partial charge in [0.25, 0.3) is 0 Å². The molecule has 2 nitrogen and oxygen atoms in total. The lowest BCUT2D eigenvalue weighted by molar-refractivity contribution is 0.298. The van der Waals surface area contributed by atoms with E-state index in [1.807, 2.05) is 7.05 Å². The quantitative estimate of drug-likeness (QED) is 0.615. The Hall–Kier alpha value is -1.33. The van der Waals surface area contributed by atoms with Crippen LogP contribution in [0.15, 0.2) is 24.3 Å². The van der Waals surface area contributed by atoms with E-state index in [1.54, 1.807) is 0 Å². The predicted octanol–water partition coefficient (Wildman–Crippen LogP) is 1.61. The van der Waals surface area contributed by atoms with Crippen molar-refractivity contribution in [3.63, 3.8) is 0 Å². The fraction of sp³-hybridized carbons (Fsp3) is 0.417. The van der Waals surface area contributed by atoms with E-state index in [4.69, 9.17) is 5.26 Å². The van der Waals surface area contributed by atoms with Crippen LogP contribution in [0, 0.1) is 11.3 Å². The summed E-state index contributed by atoms with van der Waals surface area (Å²) >= 11 is 0.